The fourth-order valence-corrected chi connectivity index (χ4v) is 3.01. The number of H-pyrrole nitrogens is 1. The fraction of sp³-hybridized carbons (Fsp3) is 0.353. The molecule has 3 aromatic rings. The highest BCUT2D eigenvalue weighted by Gasteiger charge is 2.21. The van der Waals surface area contributed by atoms with E-state index in [9.17, 15) is 0 Å². The van der Waals surface area contributed by atoms with Gasteiger partial charge < -0.3 is 19.4 Å². The summed E-state index contributed by atoms with van der Waals surface area (Å²) in [4.78, 5) is 19.0. The summed E-state index contributed by atoms with van der Waals surface area (Å²) in [7, 11) is 1.60. The Morgan fingerprint density at radius 2 is 2.25 bits per heavy atom. The summed E-state index contributed by atoms with van der Waals surface area (Å²) in [6.07, 6.45) is 3.65. The van der Waals surface area contributed by atoms with Crippen LogP contribution in [0.1, 0.15) is 6.92 Å². The molecule has 1 unspecified atom stereocenters. The van der Waals surface area contributed by atoms with Gasteiger partial charge >= 0.3 is 0 Å². The molecule has 1 aliphatic heterocycles. The zero-order chi connectivity index (χ0) is 16.5. The summed E-state index contributed by atoms with van der Waals surface area (Å²) in [6.45, 7) is 4.40. The summed E-state index contributed by atoms with van der Waals surface area (Å²) >= 11 is 0. The first kappa shape index (κ1) is 14.9. The second-order valence-corrected chi connectivity index (χ2v) is 5.81. The van der Waals surface area contributed by atoms with Crippen LogP contribution in [0, 0.1) is 0 Å². The van der Waals surface area contributed by atoms with E-state index in [1.165, 1.54) is 0 Å². The molecule has 1 atom stereocenters. The molecular weight excluding hydrogens is 306 g/mol. The van der Waals surface area contributed by atoms with Crippen LogP contribution < -0.4 is 9.64 Å². The van der Waals surface area contributed by atoms with Crippen LogP contribution in [0.2, 0.25) is 0 Å². The Hall–Kier alpha value is -2.67. The van der Waals surface area contributed by atoms with E-state index in [1.807, 2.05) is 24.4 Å². The van der Waals surface area contributed by atoms with Gasteiger partial charge in [-0.25, -0.2) is 9.97 Å². The van der Waals surface area contributed by atoms with Crippen LogP contribution >= 0.6 is 0 Å². The SMILES string of the molecule is COc1cc(-c2nccc(N3CCOCC3C)n2)c2cc[nH]c2n1. The number of nitrogens with one attached hydrogen (secondary N) is 1. The Kier molecular flexibility index (Phi) is 3.78. The molecule has 1 fully saturated rings. The van der Waals surface area contributed by atoms with Crippen LogP contribution in [-0.4, -0.2) is 52.8 Å². The summed E-state index contributed by atoms with van der Waals surface area (Å²) in [5.41, 5.74) is 1.67. The standard InChI is InChI=1S/C17H19N5O2/c1-11-10-24-8-7-22(11)14-4-6-19-17(20-14)13-9-15(23-2)21-16-12(13)3-5-18-16/h3-6,9,11H,7-8,10H2,1-2H3,(H,18,21). The molecule has 1 aliphatic rings. The van der Waals surface area contributed by atoms with Crippen LogP contribution in [0.15, 0.2) is 30.6 Å². The van der Waals surface area contributed by atoms with E-state index in [2.05, 4.69) is 26.8 Å². The van der Waals surface area contributed by atoms with Crippen molar-refractivity contribution in [1.82, 2.24) is 19.9 Å². The second-order valence-electron chi connectivity index (χ2n) is 5.81. The van der Waals surface area contributed by atoms with Crippen molar-refractivity contribution in [3.8, 4) is 17.3 Å². The molecule has 0 aromatic carbocycles. The van der Waals surface area contributed by atoms with Crippen molar-refractivity contribution in [2.24, 2.45) is 0 Å². The highest BCUT2D eigenvalue weighted by atomic mass is 16.5. The molecule has 0 radical (unpaired) electrons. The van der Waals surface area contributed by atoms with Gasteiger partial charge in [0.15, 0.2) is 5.82 Å². The number of methoxy groups -OCH3 is 1. The number of hydrogen-bond donors (Lipinski definition) is 1. The molecule has 4 rings (SSSR count). The van der Waals surface area contributed by atoms with E-state index in [4.69, 9.17) is 14.5 Å². The van der Waals surface area contributed by atoms with E-state index in [0.29, 0.717) is 24.4 Å². The van der Waals surface area contributed by atoms with E-state index in [-0.39, 0.29) is 0 Å². The number of fused-ring (bicyclic) bond motifs is 1. The molecule has 0 saturated carbocycles. The van der Waals surface area contributed by atoms with Crippen molar-refractivity contribution >= 4 is 16.9 Å². The molecule has 7 heteroatoms. The first-order valence-electron chi connectivity index (χ1n) is 7.96. The number of hydrogen-bond acceptors (Lipinski definition) is 6. The van der Waals surface area contributed by atoms with Gasteiger partial charge in [0.25, 0.3) is 0 Å². The molecule has 4 heterocycles. The molecule has 124 valence electrons. The maximum atomic E-state index is 5.51. The molecule has 0 bridgehead atoms. The lowest BCUT2D eigenvalue weighted by molar-refractivity contribution is 0.0985. The van der Waals surface area contributed by atoms with Gasteiger partial charge in [0.1, 0.15) is 11.5 Å². The fourth-order valence-electron chi connectivity index (χ4n) is 3.01. The third kappa shape index (κ3) is 2.56. The Bertz CT molecular complexity index is 863. The van der Waals surface area contributed by atoms with Gasteiger partial charge in [-0.15, -0.1) is 0 Å². The van der Waals surface area contributed by atoms with Crippen molar-refractivity contribution in [2.45, 2.75) is 13.0 Å². The molecule has 0 spiro atoms. The van der Waals surface area contributed by atoms with Gasteiger partial charge in [-0.3, -0.25) is 0 Å². The van der Waals surface area contributed by atoms with Gasteiger partial charge in [0, 0.05) is 36.0 Å². The number of rotatable bonds is 3. The first-order chi connectivity index (χ1) is 11.8. The first-order valence-corrected chi connectivity index (χ1v) is 7.96. The van der Waals surface area contributed by atoms with Crippen LogP contribution in [-0.2, 0) is 4.74 Å². The predicted octanol–water partition coefficient (Wildman–Crippen LogP) is 2.25. The maximum Gasteiger partial charge on any atom is 0.215 e. The van der Waals surface area contributed by atoms with Gasteiger partial charge in [-0.2, -0.15) is 4.98 Å². The summed E-state index contributed by atoms with van der Waals surface area (Å²) < 4.78 is 10.8. The Morgan fingerprint density at radius 3 is 3.08 bits per heavy atom. The number of anilines is 1. The molecule has 0 aliphatic carbocycles. The van der Waals surface area contributed by atoms with Crippen molar-refractivity contribution < 1.29 is 9.47 Å². The second kappa shape index (κ2) is 6.09. The third-order valence-electron chi connectivity index (χ3n) is 4.26. The van der Waals surface area contributed by atoms with Crippen molar-refractivity contribution in [3.05, 3.63) is 30.6 Å². The minimum Gasteiger partial charge on any atom is -0.481 e. The Balaban J connectivity index is 1.80. The molecule has 7 nitrogen and oxygen atoms in total. The van der Waals surface area contributed by atoms with Crippen LogP contribution in [0.4, 0.5) is 5.82 Å². The largest absolute Gasteiger partial charge is 0.481 e. The molecule has 0 amide bonds. The molecule has 1 N–H and O–H groups in total. The van der Waals surface area contributed by atoms with Gasteiger partial charge in [0.2, 0.25) is 5.88 Å². The molecule has 24 heavy (non-hydrogen) atoms. The number of morpholine rings is 1. The number of aromatic nitrogens is 4. The number of pyridine rings is 1. The average molecular weight is 325 g/mol. The van der Waals surface area contributed by atoms with Gasteiger partial charge in [0.05, 0.1) is 26.4 Å². The monoisotopic (exact) mass is 325 g/mol. The van der Waals surface area contributed by atoms with E-state index in [1.54, 1.807) is 13.3 Å². The van der Waals surface area contributed by atoms with Gasteiger partial charge in [-0.1, -0.05) is 0 Å². The van der Waals surface area contributed by atoms with E-state index >= 15 is 0 Å². The minimum absolute atomic E-state index is 0.292. The van der Waals surface area contributed by atoms with Crippen molar-refractivity contribution in [3.63, 3.8) is 0 Å². The molecular formula is C17H19N5O2. The number of ether oxygens (including phenoxy) is 2. The number of nitrogens with zero attached hydrogens (tertiary/aromatic N) is 4. The normalized spacial score (nSPS) is 18.1. The lowest BCUT2D eigenvalue weighted by atomic mass is 10.1. The third-order valence-corrected chi connectivity index (χ3v) is 4.26. The predicted molar refractivity (Wildman–Crippen MR) is 91.3 cm³/mol. The Labute approximate surface area is 139 Å². The zero-order valence-electron chi connectivity index (χ0n) is 13.7. The molecule has 3 aromatic heterocycles. The highest BCUT2D eigenvalue weighted by molar-refractivity contribution is 5.91. The quantitative estimate of drug-likeness (QED) is 0.796. The maximum absolute atomic E-state index is 5.51. The number of aromatic amines is 1. The smallest absolute Gasteiger partial charge is 0.215 e. The van der Waals surface area contributed by atoms with Gasteiger partial charge in [-0.05, 0) is 19.1 Å². The average Bonchev–Trinajstić information content (AvgIpc) is 3.10. The zero-order valence-corrected chi connectivity index (χ0v) is 13.7. The topological polar surface area (TPSA) is 76.2 Å². The lowest BCUT2D eigenvalue weighted by Crippen LogP contribution is -2.44. The van der Waals surface area contributed by atoms with E-state index in [0.717, 1.165) is 35.6 Å². The van der Waals surface area contributed by atoms with Crippen LogP contribution in [0.3, 0.4) is 0 Å². The van der Waals surface area contributed by atoms with Crippen molar-refractivity contribution in [1.29, 1.82) is 0 Å². The Morgan fingerprint density at radius 1 is 1.33 bits per heavy atom. The highest BCUT2D eigenvalue weighted by Crippen LogP contribution is 2.29. The molecule has 1 saturated heterocycles. The summed E-state index contributed by atoms with van der Waals surface area (Å²) in [5.74, 6) is 2.11. The van der Waals surface area contributed by atoms with Crippen LogP contribution in [0.25, 0.3) is 22.4 Å². The van der Waals surface area contributed by atoms with Crippen LogP contribution in [0.5, 0.6) is 5.88 Å². The lowest BCUT2D eigenvalue weighted by Gasteiger charge is -2.34. The summed E-state index contributed by atoms with van der Waals surface area (Å²) in [5, 5.41) is 0.975. The van der Waals surface area contributed by atoms with E-state index < -0.39 is 0 Å². The minimum atomic E-state index is 0.292. The summed E-state index contributed by atoms with van der Waals surface area (Å²) in [6, 6.07) is 6.08. The van der Waals surface area contributed by atoms with Crippen molar-refractivity contribution in [2.75, 3.05) is 31.8 Å².